The summed E-state index contributed by atoms with van der Waals surface area (Å²) >= 11 is 5.78. The third-order valence-corrected chi connectivity index (χ3v) is 3.42. The summed E-state index contributed by atoms with van der Waals surface area (Å²) in [5.74, 6) is 1.23. The molecule has 0 amide bonds. The lowest BCUT2D eigenvalue weighted by molar-refractivity contribution is 0.217. The van der Waals surface area contributed by atoms with Gasteiger partial charge in [0.05, 0.1) is 5.69 Å². The molecule has 2 rings (SSSR count). The van der Waals surface area contributed by atoms with E-state index in [4.69, 9.17) is 11.6 Å². The van der Waals surface area contributed by atoms with Crippen molar-refractivity contribution >= 4 is 17.5 Å². The van der Waals surface area contributed by atoms with E-state index in [1.807, 2.05) is 6.92 Å². The second kappa shape index (κ2) is 5.60. The Morgan fingerprint density at radius 3 is 3.00 bits per heavy atom. The Kier molecular flexibility index (Phi) is 4.12. The van der Waals surface area contributed by atoms with Gasteiger partial charge in [-0.2, -0.15) is 0 Å². The summed E-state index contributed by atoms with van der Waals surface area (Å²) in [6, 6.07) is 0. The summed E-state index contributed by atoms with van der Waals surface area (Å²) in [4.78, 5) is 6.61. The molecule has 1 aromatic heterocycles. The average molecular weight is 256 g/mol. The molecule has 0 saturated carbocycles. The molecular formula is C11H18ClN5. The lowest BCUT2D eigenvalue weighted by atomic mass is 9.99. The van der Waals surface area contributed by atoms with Crippen LogP contribution in [0.3, 0.4) is 0 Å². The molecular weight excluding hydrogens is 238 g/mol. The first-order valence-electron chi connectivity index (χ1n) is 5.94. The second-order valence-electron chi connectivity index (χ2n) is 4.66. The molecule has 0 unspecified atom stereocenters. The number of halogens is 1. The van der Waals surface area contributed by atoms with Gasteiger partial charge in [-0.1, -0.05) is 11.6 Å². The van der Waals surface area contributed by atoms with Crippen LogP contribution in [0.4, 0.5) is 5.95 Å². The van der Waals surface area contributed by atoms with E-state index >= 15 is 0 Å². The fourth-order valence-electron chi connectivity index (χ4n) is 2.14. The van der Waals surface area contributed by atoms with E-state index in [1.54, 1.807) is 0 Å². The van der Waals surface area contributed by atoms with Crippen LogP contribution in [0.25, 0.3) is 0 Å². The van der Waals surface area contributed by atoms with Crippen molar-refractivity contribution in [2.24, 2.45) is 5.92 Å². The van der Waals surface area contributed by atoms with E-state index < -0.39 is 0 Å². The van der Waals surface area contributed by atoms with Crippen LogP contribution in [-0.4, -0.2) is 46.8 Å². The maximum atomic E-state index is 5.78. The zero-order valence-electron chi connectivity index (χ0n) is 10.3. The Labute approximate surface area is 107 Å². The highest BCUT2D eigenvalue weighted by Crippen LogP contribution is 2.15. The number of rotatable bonds is 3. The molecule has 1 aliphatic heterocycles. The van der Waals surface area contributed by atoms with Gasteiger partial charge in [0.1, 0.15) is 0 Å². The summed E-state index contributed by atoms with van der Waals surface area (Å²) in [7, 11) is 2.16. The molecule has 1 aromatic rings. The Balaban J connectivity index is 1.86. The fourth-order valence-corrected chi connectivity index (χ4v) is 2.22. The first-order chi connectivity index (χ1) is 8.15. The lowest BCUT2D eigenvalue weighted by Gasteiger charge is -2.29. The van der Waals surface area contributed by atoms with E-state index in [2.05, 4.69) is 32.4 Å². The molecule has 0 radical (unpaired) electrons. The average Bonchev–Trinajstić information content (AvgIpc) is 2.31. The maximum absolute atomic E-state index is 5.78. The van der Waals surface area contributed by atoms with Gasteiger partial charge in [0.15, 0.2) is 5.15 Å². The van der Waals surface area contributed by atoms with E-state index in [-0.39, 0.29) is 0 Å². The van der Waals surface area contributed by atoms with Gasteiger partial charge in [-0.3, -0.25) is 0 Å². The first-order valence-corrected chi connectivity index (χ1v) is 6.32. The third-order valence-electron chi connectivity index (χ3n) is 3.08. The highest BCUT2D eigenvalue weighted by Gasteiger charge is 2.17. The van der Waals surface area contributed by atoms with E-state index in [0.29, 0.717) is 22.7 Å². The molecule has 0 bridgehead atoms. The molecule has 0 aromatic carbocycles. The Morgan fingerprint density at radius 2 is 2.29 bits per heavy atom. The lowest BCUT2D eigenvalue weighted by Crippen LogP contribution is -2.35. The molecule has 1 saturated heterocycles. The molecule has 5 nitrogen and oxygen atoms in total. The summed E-state index contributed by atoms with van der Waals surface area (Å²) in [5.41, 5.74) is 0.713. The molecule has 1 N–H and O–H groups in total. The van der Waals surface area contributed by atoms with Crippen molar-refractivity contribution in [1.82, 2.24) is 20.1 Å². The van der Waals surface area contributed by atoms with Crippen LogP contribution in [0.5, 0.6) is 0 Å². The van der Waals surface area contributed by atoms with E-state index in [0.717, 1.165) is 13.1 Å². The SMILES string of the molecule is Cc1nc(NC[C@@H]2CCCN(C)C2)nnc1Cl. The molecule has 94 valence electrons. The van der Waals surface area contributed by atoms with Crippen LogP contribution in [0.1, 0.15) is 18.5 Å². The minimum atomic E-state index is 0.368. The Morgan fingerprint density at radius 1 is 1.47 bits per heavy atom. The van der Waals surface area contributed by atoms with Crippen molar-refractivity contribution in [2.75, 3.05) is 32.0 Å². The van der Waals surface area contributed by atoms with Gasteiger partial charge >= 0.3 is 0 Å². The van der Waals surface area contributed by atoms with Gasteiger partial charge in [-0.05, 0) is 39.3 Å². The molecule has 0 spiro atoms. The smallest absolute Gasteiger partial charge is 0.243 e. The van der Waals surface area contributed by atoms with Gasteiger partial charge in [0.2, 0.25) is 5.95 Å². The number of nitrogens with one attached hydrogen (secondary N) is 1. The molecule has 2 heterocycles. The zero-order chi connectivity index (χ0) is 12.3. The van der Waals surface area contributed by atoms with Crippen LogP contribution in [0, 0.1) is 12.8 Å². The van der Waals surface area contributed by atoms with Crippen molar-refractivity contribution in [3.8, 4) is 0 Å². The fraction of sp³-hybridized carbons (Fsp3) is 0.727. The number of anilines is 1. The van der Waals surface area contributed by atoms with Crippen molar-refractivity contribution in [3.63, 3.8) is 0 Å². The number of aryl methyl sites for hydroxylation is 1. The highest BCUT2D eigenvalue weighted by molar-refractivity contribution is 6.29. The maximum Gasteiger partial charge on any atom is 0.243 e. The van der Waals surface area contributed by atoms with Gasteiger partial charge in [0.25, 0.3) is 0 Å². The molecule has 17 heavy (non-hydrogen) atoms. The van der Waals surface area contributed by atoms with Crippen molar-refractivity contribution in [3.05, 3.63) is 10.8 Å². The minimum absolute atomic E-state index is 0.368. The Hall–Kier alpha value is -0.940. The summed E-state index contributed by atoms with van der Waals surface area (Å²) in [6.45, 7) is 5.06. The number of hydrogen-bond donors (Lipinski definition) is 1. The normalized spacial score (nSPS) is 21.5. The van der Waals surface area contributed by atoms with Crippen LogP contribution in [-0.2, 0) is 0 Å². The van der Waals surface area contributed by atoms with Crippen molar-refractivity contribution in [1.29, 1.82) is 0 Å². The molecule has 0 aliphatic carbocycles. The summed E-state index contributed by atoms with van der Waals surface area (Å²) in [6.07, 6.45) is 2.53. The molecule has 1 atom stereocenters. The van der Waals surface area contributed by atoms with E-state index in [1.165, 1.54) is 19.4 Å². The molecule has 1 aliphatic rings. The Bertz CT molecular complexity index is 384. The first kappa shape index (κ1) is 12.5. The summed E-state index contributed by atoms with van der Waals surface area (Å²) in [5, 5.41) is 11.4. The topological polar surface area (TPSA) is 53.9 Å². The van der Waals surface area contributed by atoms with E-state index in [9.17, 15) is 0 Å². The van der Waals surface area contributed by atoms with Crippen LogP contribution >= 0.6 is 11.6 Å². The predicted octanol–water partition coefficient (Wildman–Crippen LogP) is 1.59. The zero-order valence-corrected chi connectivity index (χ0v) is 11.0. The molecule has 6 heteroatoms. The number of likely N-dealkylation sites (tertiary alicyclic amines) is 1. The largest absolute Gasteiger partial charge is 0.353 e. The minimum Gasteiger partial charge on any atom is -0.353 e. The van der Waals surface area contributed by atoms with Crippen LogP contribution in [0.15, 0.2) is 0 Å². The number of nitrogens with zero attached hydrogens (tertiary/aromatic N) is 4. The molecule has 1 fully saturated rings. The summed E-state index contributed by atoms with van der Waals surface area (Å²) < 4.78 is 0. The van der Waals surface area contributed by atoms with Gasteiger partial charge in [-0.15, -0.1) is 10.2 Å². The van der Waals surface area contributed by atoms with Crippen LogP contribution < -0.4 is 5.32 Å². The predicted molar refractivity (Wildman–Crippen MR) is 68.3 cm³/mol. The quantitative estimate of drug-likeness (QED) is 0.889. The number of aromatic nitrogens is 3. The second-order valence-corrected chi connectivity index (χ2v) is 5.02. The highest BCUT2D eigenvalue weighted by atomic mass is 35.5. The monoisotopic (exact) mass is 255 g/mol. The van der Waals surface area contributed by atoms with Crippen molar-refractivity contribution in [2.45, 2.75) is 19.8 Å². The number of piperidine rings is 1. The van der Waals surface area contributed by atoms with Crippen molar-refractivity contribution < 1.29 is 0 Å². The number of hydrogen-bond acceptors (Lipinski definition) is 5. The third kappa shape index (κ3) is 3.51. The van der Waals surface area contributed by atoms with Crippen LogP contribution in [0.2, 0.25) is 5.15 Å². The standard InChI is InChI=1S/C11H18ClN5/c1-8-10(12)15-16-11(14-8)13-6-9-4-3-5-17(2)7-9/h9H,3-7H2,1-2H3,(H,13,14,16)/t9-/m0/s1. The van der Waals surface area contributed by atoms with Gasteiger partial charge in [-0.25, -0.2) is 4.98 Å². The van der Waals surface area contributed by atoms with Gasteiger partial charge in [0, 0.05) is 13.1 Å². The van der Waals surface area contributed by atoms with Gasteiger partial charge < -0.3 is 10.2 Å².